The fraction of sp³-hybridized carbons (Fsp3) is 0.302. The Bertz CT molecular complexity index is 1780. The van der Waals surface area contributed by atoms with Gasteiger partial charge in [-0.05, 0) is 35.4 Å². The number of halogens is 8. The molecule has 0 aliphatic heterocycles. The van der Waals surface area contributed by atoms with Crippen LogP contribution in [0.15, 0.2) is 97.1 Å². The van der Waals surface area contributed by atoms with Crippen molar-refractivity contribution in [1.29, 1.82) is 0 Å². The molecule has 0 fully saturated rings. The van der Waals surface area contributed by atoms with Crippen LogP contribution in [0.4, 0.5) is 26.3 Å². The van der Waals surface area contributed by atoms with Gasteiger partial charge >= 0.3 is 137 Å². The molecule has 52 heavy (non-hydrogen) atoms. The molecule has 0 spiro atoms. The number of hydrogen-bond donors (Lipinski definition) is 0. The standard InChI is InChI=1S/C23H29.C15H8F6.C5H5.2ClH.Zr/c1-14-9-16-11-17-10-15(2)21(23(6,7)8)13-19(17)18(16)12-20(14)22(3,4)5;16-14(17,18)12-5-1-10(2-6-12)9-11-3-7-13(8-4-11)15(19,20)21;1-2-4-5-3-1;;;/h9,12-13H,11H2,1-8H3;1-8H;1-5H;2*1H;/q-1;;-1;;;+2/p-2. The van der Waals surface area contributed by atoms with Crippen molar-refractivity contribution in [2.75, 3.05) is 0 Å². The van der Waals surface area contributed by atoms with E-state index in [1.807, 2.05) is 30.3 Å². The molecule has 9 heteroatoms. The maximum Gasteiger partial charge on any atom is -0.172 e. The zero-order valence-corrected chi connectivity index (χ0v) is 34.4. The maximum absolute atomic E-state index is 12.5. The van der Waals surface area contributed by atoms with Gasteiger partial charge in [-0.15, -0.1) is 16.7 Å². The summed E-state index contributed by atoms with van der Waals surface area (Å²) in [7, 11) is 0. The van der Waals surface area contributed by atoms with Crippen LogP contribution in [0.25, 0.3) is 11.1 Å². The van der Waals surface area contributed by atoms with Crippen LogP contribution in [-0.4, -0.2) is 3.21 Å². The average Bonchev–Trinajstić information content (AvgIpc) is 3.70. The van der Waals surface area contributed by atoms with Gasteiger partial charge < -0.3 is 24.8 Å². The molecule has 6 rings (SSSR count). The van der Waals surface area contributed by atoms with Crippen molar-refractivity contribution in [3.05, 3.63) is 159 Å². The van der Waals surface area contributed by atoms with Gasteiger partial charge in [-0.2, -0.15) is 35.9 Å². The second kappa shape index (κ2) is 17.5. The van der Waals surface area contributed by atoms with Gasteiger partial charge in [0.15, 0.2) is 0 Å². The molecular formula is C43H42Cl2F6Zr-2. The molecule has 0 nitrogen and oxygen atoms in total. The van der Waals surface area contributed by atoms with Crippen LogP contribution in [0.5, 0.6) is 0 Å². The van der Waals surface area contributed by atoms with Crippen LogP contribution in [0.2, 0.25) is 0 Å². The second-order valence-electron chi connectivity index (χ2n) is 14.7. The minimum atomic E-state index is -4.41. The zero-order valence-electron chi connectivity index (χ0n) is 30.5. The molecule has 5 aromatic rings. The molecule has 0 saturated carbocycles. The first-order valence-corrected chi connectivity index (χ1v) is 17.6. The topological polar surface area (TPSA) is 0 Å². The predicted molar refractivity (Wildman–Crippen MR) is 189 cm³/mol. The first-order valence-electron chi connectivity index (χ1n) is 16.4. The summed E-state index contributed by atoms with van der Waals surface area (Å²) >= 11 is 0.898. The predicted octanol–water partition coefficient (Wildman–Crippen LogP) is 6.52. The van der Waals surface area contributed by atoms with Crippen LogP contribution in [-0.2, 0) is 53.8 Å². The minimum absolute atomic E-state index is 0. The van der Waals surface area contributed by atoms with E-state index in [0.29, 0.717) is 14.3 Å². The first kappa shape index (κ1) is 45.3. The summed E-state index contributed by atoms with van der Waals surface area (Å²) in [4.78, 5) is 0. The second-order valence-corrected chi connectivity index (χ2v) is 15.9. The Morgan fingerprint density at radius 1 is 0.635 bits per heavy atom. The number of rotatable bonds is 2. The minimum Gasteiger partial charge on any atom is -1.00 e. The van der Waals surface area contributed by atoms with Gasteiger partial charge in [0.25, 0.3) is 0 Å². The van der Waals surface area contributed by atoms with Crippen molar-refractivity contribution in [2.24, 2.45) is 0 Å². The quantitative estimate of drug-likeness (QED) is 0.138. The van der Waals surface area contributed by atoms with E-state index >= 15 is 0 Å². The summed E-state index contributed by atoms with van der Waals surface area (Å²) in [5.41, 5.74) is 11.2. The summed E-state index contributed by atoms with van der Waals surface area (Å²) < 4.78 is 75.6. The van der Waals surface area contributed by atoms with Crippen molar-refractivity contribution in [2.45, 2.75) is 85.0 Å². The summed E-state index contributed by atoms with van der Waals surface area (Å²) in [6.07, 6.45) is -7.79. The van der Waals surface area contributed by atoms with E-state index in [4.69, 9.17) is 0 Å². The molecule has 276 valence electrons. The van der Waals surface area contributed by atoms with Crippen LogP contribution in [0.1, 0.15) is 97.2 Å². The molecule has 0 unspecified atom stereocenters. The monoisotopic (exact) mass is 832 g/mol. The van der Waals surface area contributed by atoms with Crippen LogP contribution >= 0.6 is 0 Å². The molecule has 1 aliphatic rings. The van der Waals surface area contributed by atoms with Crippen LogP contribution < -0.4 is 24.8 Å². The van der Waals surface area contributed by atoms with Gasteiger partial charge in [0.1, 0.15) is 0 Å². The number of benzene rings is 4. The van der Waals surface area contributed by atoms with E-state index in [0.717, 1.165) is 54.9 Å². The molecule has 0 aromatic heterocycles. The number of hydrogen-bond acceptors (Lipinski definition) is 0. The number of fused-ring (bicyclic) bond motifs is 3. The van der Waals surface area contributed by atoms with E-state index in [9.17, 15) is 26.3 Å². The van der Waals surface area contributed by atoms with E-state index in [1.54, 1.807) is 0 Å². The Morgan fingerprint density at radius 2 is 1.06 bits per heavy atom. The van der Waals surface area contributed by atoms with Crippen LogP contribution in [0.3, 0.4) is 0 Å². The fourth-order valence-corrected chi connectivity index (χ4v) is 6.98. The van der Waals surface area contributed by atoms with Crippen molar-refractivity contribution in [1.82, 2.24) is 0 Å². The van der Waals surface area contributed by atoms with Gasteiger partial charge in [0.05, 0.1) is 0 Å². The molecule has 0 saturated heterocycles. The van der Waals surface area contributed by atoms with Gasteiger partial charge in [-0.25, -0.2) is 12.1 Å². The average molecular weight is 835 g/mol. The molecule has 0 bridgehead atoms. The smallest absolute Gasteiger partial charge is 0.172 e. The Labute approximate surface area is 331 Å². The Morgan fingerprint density at radius 3 is 1.42 bits per heavy atom. The maximum atomic E-state index is 12.5. The summed E-state index contributed by atoms with van der Waals surface area (Å²) in [6, 6.07) is 30.1. The molecule has 1 aliphatic carbocycles. The molecule has 0 amide bonds. The molecule has 5 aromatic carbocycles. The Hall–Kier alpha value is -2.86. The fourth-order valence-electron chi connectivity index (χ4n) is 6.16. The van der Waals surface area contributed by atoms with E-state index in [-0.39, 0.29) is 35.6 Å². The molecule has 0 heterocycles. The third kappa shape index (κ3) is 11.3. The number of aryl methyl sites for hydroxylation is 2. The van der Waals surface area contributed by atoms with E-state index in [1.165, 1.54) is 68.8 Å². The Balaban J connectivity index is 0.000000307. The SMILES string of the molecule is Cc1[c-]c2c(cc1C(C)(C)C)-c1cc(C(C)(C)C)c(C)cc1C2.FC(F)(F)c1ccc([C](=[Zr+2])c2ccc(C(F)(F)F)cc2)cc1.[Cl-].[Cl-].c1cc[cH-]c1. The Kier molecular flexibility index (Phi) is 15.3. The van der Waals surface area contributed by atoms with Crippen molar-refractivity contribution in [3.8, 4) is 11.1 Å². The molecule has 0 atom stereocenters. The normalized spacial score (nSPS) is 12.2. The zero-order chi connectivity index (χ0) is 37.2. The van der Waals surface area contributed by atoms with E-state index < -0.39 is 23.5 Å². The number of alkyl halides is 6. The van der Waals surface area contributed by atoms with Gasteiger partial charge in [-0.1, -0.05) is 71.6 Å². The first-order chi connectivity index (χ1) is 23.1. The van der Waals surface area contributed by atoms with Gasteiger partial charge in [-0.3, -0.25) is 0 Å². The third-order valence-electron chi connectivity index (χ3n) is 8.64. The van der Waals surface area contributed by atoms with Crippen molar-refractivity contribution >= 4 is 3.21 Å². The molecule has 0 radical (unpaired) electrons. The van der Waals surface area contributed by atoms with Crippen molar-refractivity contribution < 1.29 is 75.4 Å². The summed E-state index contributed by atoms with van der Waals surface area (Å²) in [5.74, 6) is 0. The van der Waals surface area contributed by atoms with Crippen LogP contribution in [0, 0.1) is 19.9 Å². The van der Waals surface area contributed by atoms with Gasteiger partial charge in [0.2, 0.25) is 0 Å². The molecule has 0 N–H and O–H groups in total. The molecular weight excluding hydrogens is 793 g/mol. The summed E-state index contributed by atoms with van der Waals surface area (Å²) in [6.45, 7) is 18.2. The summed E-state index contributed by atoms with van der Waals surface area (Å²) in [5, 5.41) is 0. The van der Waals surface area contributed by atoms with Gasteiger partial charge in [0, 0.05) is 0 Å². The van der Waals surface area contributed by atoms with Crippen molar-refractivity contribution in [3.63, 3.8) is 0 Å². The largest absolute Gasteiger partial charge is 1.00 e. The third-order valence-corrected chi connectivity index (χ3v) is 10.1. The van der Waals surface area contributed by atoms with E-state index in [2.05, 4.69) is 79.7 Å².